The number of carbonyl (C=O) groups excluding carboxylic acids is 2. The third kappa shape index (κ3) is 6.11. The summed E-state index contributed by atoms with van der Waals surface area (Å²) in [6, 6.07) is 13.2. The van der Waals surface area contributed by atoms with E-state index >= 15 is 0 Å². The van der Waals surface area contributed by atoms with Gasteiger partial charge in [0.1, 0.15) is 5.75 Å². The van der Waals surface area contributed by atoms with Gasteiger partial charge in [0.2, 0.25) is 5.91 Å². The van der Waals surface area contributed by atoms with Gasteiger partial charge in [-0.15, -0.1) is 11.8 Å². The summed E-state index contributed by atoms with van der Waals surface area (Å²) in [6.07, 6.45) is 0. The van der Waals surface area contributed by atoms with Crippen molar-refractivity contribution in [3.63, 3.8) is 0 Å². The van der Waals surface area contributed by atoms with Crippen molar-refractivity contribution in [3.05, 3.63) is 53.6 Å². The number of amides is 2. The highest BCUT2D eigenvalue weighted by Gasteiger charge is 2.07. The molecule has 0 aromatic heterocycles. The zero-order valence-electron chi connectivity index (χ0n) is 15.5. The molecular formula is C20H24N2O3S. The van der Waals surface area contributed by atoms with Crippen molar-refractivity contribution in [2.45, 2.75) is 18.7 Å². The Labute approximate surface area is 158 Å². The van der Waals surface area contributed by atoms with Gasteiger partial charge >= 0.3 is 0 Å². The molecule has 0 bridgehead atoms. The van der Waals surface area contributed by atoms with Crippen LogP contribution in [0, 0.1) is 13.8 Å². The Morgan fingerprint density at radius 3 is 2.42 bits per heavy atom. The Balaban J connectivity index is 1.83. The summed E-state index contributed by atoms with van der Waals surface area (Å²) >= 11 is 1.53. The predicted octanol–water partition coefficient (Wildman–Crippen LogP) is 3.50. The summed E-state index contributed by atoms with van der Waals surface area (Å²) in [4.78, 5) is 26.2. The molecule has 0 spiro atoms. The third-order valence-electron chi connectivity index (χ3n) is 3.70. The van der Waals surface area contributed by atoms with Crippen LogP contribution in [0.3, 0.4) is 0 Å². The number of carbonyl (C=O) groups is 2. The molecule has 0 aliphatic carbocycles. The van der Waals surface area contributed by atoms with Crippen LogP contribution < -0.4 is 10.1 Å². The summed E-state index contributed by atoms with van der Waals surface area (Å²) in [5.74, 6) is 0.765. The van der Waals surface area contributed by atoms with Crippen molar-refractivity contribution >= 4 is 29.3 Å². The molecule has 6 heteroatoms. The maximum Gasteiger partial charge on any atom is 0.259 e. The molecule has 0 unspecified atom stereocenters. The van der Waals surface area contributed by atoms with Crippen LogP contribution in [0.1, 0.15) is 11.1 Å². The number of nitrogens with one attached hydrogen (secondary N) is 1. The largest absolute Gasteiger partial charge is 0.484 e. The van der Waals surface area contributed by atoms with E-state index in [9.17, 15) is 9.59 Å². The summed E-state index contributed by atoms with van der Waals surface area (Å²) in [5.41, 5.74) is 3.05. The lowest BCUT2D eigenvalue weighted by atomic mass is 10.2. The molecule has 2 amide bonds. The van der Waals surface area contributed by atoms with Gasteiger partial charge in [-0.2, -0.15) is 0 Å². The number of anilines is 1. The Bertz CT molecular complexity index is 773. The maximum absolute atomic E-state index is 12.1. The molecule has 26 heavy (non-hydrogen) atoms. The first-order valence-electron chi connectivity index (χ1n) is 8.28. The lowest BCUT2D eigenvalue weighted by Crippen LogP contribution is -2.27. The lowest BCUT2D eigenvalue weighted by molar-refractivity contribution is -0.130. The highest BCUT2D eigenvalue weighted by atomic mass is 32.2. The zero-order valence-corrected chi connectivity index (χ0v) is 16.4. The van der Waals surface area contributed by atoms with Gasteiger partial charge in [0.15, 0.2) is 6.61 Å². The minimum absolute atomic E-state index is 0.00874. The molecule has 2 aromatic rings. The molecular weight excluding hydrogens is 348 g/mol. The predicted molar refractivity (Wildman–Crippen MR) is 106 cm³/mol. The molecule has 0 saturated carbocycles. The first-order valence-corrected chi connectivity index (χ1v) is 9.26. The SMILES string of the molecule is Cc1ccc(C)c(SCC(=O)Nc2ccc(OCC(=O)N(C)C)cc2)c1. The van der Waals surface area contributed by atoms with Crippen LogP contribution >= 0.6 is 11.8 Å². The molecule has 0 saturated heterocycles. The van der Waals surface area contributed by atoms with Crippen LogP contribution in [0.15, 0.2) is 47.4 Å². The zero-order chi connectivity index (χ0) is 19.1. The summed E-state index contributed by atoms with van der Waals surface area (Å²) in [6.45, 7) is 4.07. The monoisotopic (exact) mass is 372 g/mol. The average molecular weight is 372 g/mol. The topological polar surface area (TPSA) is 58.6 Å². The fraction of sp³-hybridized carbons (Fsp3) is 0.300. The minimum Gasteiger partial charge on any atom is -0.484 e. The van der Waals surface area contributed by atoms with E-state index in [4.69, 9.17) is 4.74 Å². The molecule has 0 radical (unpaired) electrons. The average Bonchev–Trinajstić information content (AvgIpc) is 2.61. The van der Waals surface area contributed by atoms with Gasteiger partial charge in [-0.3, -0.25) is 9.59 Å². The summed E-state index contributed by atoms with van der Waals surface area (Å²) in [5, 5.41) is 2.87. The second-order valence-electron chi connectivity index (χ2n) is 6.21. The molecule has 0 aliphatic heterocycles. The molecule has 2 aromatic carbocycles. The Morgan fingerprint density at radius 1 is 1.08 bits per heavy atom. The molecule has 2 rings (SSSR count). The number of aryl methyl sites for hydroxylation is 2. The Morgan fingerprint density at radius 2 is 1.77 bits per heavy atom. The van der Waals surface area contributed by atoms with Crippen LogP contribution in [-0.2, 0) is 9.59 Å². The number of rotatable bonds is 7. The third-order valence-corrected chi connectivity index (χ3v) is 4.86. The van der Waals surface area contributed by atoms with Crippen LogP contribution in [0.5, 0.6) is 5.75 Å². The van der Waals surface area contributed by atoms with Crippen molar-refractivity contribution in [2.75, 3.05) is 31.8 Å². The van der Waals surface area contributed by atoms with Crippen LogP contribution in [0.25, 0.3) is 0 Å². The molecule has 0 aliphatic rings. The standard InChI is InChI=1S/C20H24N2O3S/c1-14-5-6-15(2)18(11-14)26-13-19(23)21-16-7-9-17(10-8-16)25-12-20(24)22(3)4/h5-11H,12-13H2,1-4H3,(H,21,23). The van der Waals surface area contributed by atoms with Gasteiger partial charge in [-0.05, 0) is 49.7 Å². The number of hydrogen-bond acceptors (Lipinski definition) is 4. The van der Waals surface area contributed by atoms with Gasteiger partial charge in [-0.1, -0.05) is 17.7 Å². The molecule has 0 atom stereocenters. The van der Waals surface area contributed by atoms with Gasteiger partial charge in [0.05, 0.1) is 5.75 Å². The Kier molecular flexibility index (Phi) is 7.09. The van der Waals surface area contributed by atoms with Crippen molar-refractivity contribution in [1.82, 2.24) is 4.90 Å². The van der Waals surface area contributed by atoms with Crippen LogP contribution in [-0.4, -0.2) is 43.2 Å². The van der Waals surface area contributed by atoms with Gasteiger partial charge in [0, 0.05) is 24.7 Å². The highest BCUT2D eigenvalue weighted by molar-refractivity contribution is 8.00. The van der Waals surface area contributed by atoms with Crippen molar-refractivity contribution < 1.29 is 14.3 Å². The van der Waals surface area contributed by atoms with Gasteiger partial charge in [0.25, 0.3) is 5.91 Å². The van der Waals surface area contributed by atoms with E-state index in [0.29, 0.717) is 17.2 Å². The second-order valence-corrected chi connectivity index (χ2v) is 7.22. The van der Waals surface area contributed by atoms with E-state index in [1.807, 2.05) is 13.8 Å². The van der Waals surface area contributed by atoms with Crippen molar-refractivity contribution in [1.29, 1.82) is 0 Å². The van der Waals surface area contributed by atoms with Crippen molar-refractivity contribution in [2.24, 2.45) is 0 Å². The molecule has 0 fully saturated rings. The van der Waals surface area contributed by atoms with E-state index < -0.39 is 0 Å². The number of benzene rings is 2. The van der Waals surface area contributed by atoms with Crippen LogP contribution in [0.2, 0.25) is 0 Å². The fourth-order valence-corrected chi connectivity index (χ4v) is 3.04. The lowest BCUT2D eigenvalue weighted by Gasteiger charge is -2.12. The summed E-state index contributed by atoms with van der Waals surface area (Å²) in [7, 11) is 3.36. The van der Waals surface area contributed by atoms with Crippen molar-refractivity contribution in [3.8, 4) is 5.75 Å². The number of nitrogens with zero attached hydrogens (tertiary/aromatic N) is 1. The van der Waals surface area contributed by atoms with Gasteiger partial charge in [-0.25, -0.2) is 0 Å². The molecule has 5 nitrogen and oxygen atoms in total. The Hall–Kier alpha value is -2.47. The normalized spacial score (nSPS) is 10.3. The smallest absolute Gasteiger partial charge is 0.259 e. The number of likely N-dealkylation sites (N-methyl/N-ethyl adjacent to an activating group) is 1. The number of hydrogen-bond donors (Lipinski definition) is 1. The number of ether oxygens (including phenoxy) is 1. The van der Waals surface area contributed by atoms with Gasteiger partial charge < -0.3 is 15.0 Å². The van der Waals surface area contributed by atoms with E-state index in [0.717, 1.165) is 4.90 Å². The first kappa shape index (κ1) is 19.8. The highest BCUT2D eigenvalue weighted by Crippen LogP contribution is 2.24. The van der Waals surface area contributed by atoms with E-state index in [2.05, 4.69) is 23.5 Å². The van der Waals surface area contributed by atoms with E-state index in [-0.39, 0.29) is 18.4 Å². The number of thioether (sulfide) groups is 1. The second kappa shape index (κ2) is 9.29. The molecule has 1 N–H and O–H groups in total. The summed E-state index contributed by atoms with van der Waals surface area (Å²) < 4.78 is 5.41. The van der Waals surface area contributed by atoms with Crippen LogP contribution in [0.4, 0.5) is 5.69 Å². The quantitative estimate of drug-likeness (QED) is 0.756. The van der Waals surface area contributed by atoms with E-state index in [1.54, 1.807) is 38.4 Å². The molecule has 138 valence electrons. The molecule has 0 heterocycles. The first-order chi connectivity index (χ1) is 12.3. The van der Waals surface area contributed by atoms with E-state index in [1.165, 1.54) is 27.8 Å². The minimum atomic E-state index is -0.106. The fourth-order valence-electron chi connectivity index (χ4n) is 2.11. The maximum atomic E-state index is 12.1.